The second-order valence-electron chi connectivity index (χ2n) is 6.26. The number of carbonyl (C=O) groups is 1. The van der Waals surface area contributed by atoms with Crippen LogP contribution in [-0.2, 0) is 16.6 Å². The third-order valence-corrected chi connectivity index (χ3v) is 5.80. The number of carbonyl (C=O) groups excluding carboxylic acids is 1. The average molecular weight is 415 g/mol. The third-order valence-electron chi connectivity index (χ3n) is 4.16. The minimum Gasteiger partial charge on any atom is -0.348 e. The number of anilines is 1. The number of hydrogen-bond donors (Lipinski definition) is 2. The van der Waals surface area contributed by atoms with Gasteiger partial charge < -0.3 is 5.32 Å². The molecule has 0 bridgehead atoms. The molecule has 1 amide bonds. The summed E-state index contributed by atoms with van der Waals surface area (Å²) in [6.45, 7) is 2.12. The molecule has 0 saturated carbocycles. The quantitative estimate of drug-likeness (QED) is 0.628. The molecule has 3 aromatic rings. The summed E-state index contributed by atoms with van der Waals surface area (Å²) in [4.78, 5) is 12.6. The first-order valence-corrected chi connectivity index (χ1v) is 10.4. The Morgan fingerprint density at radius 2 is 1.64 bits per heavy atom. The molecule has 7 heteroatoms. The maximum atomic E-state index is 12.6. The number of amides is 1. The topological polar surface area (TPSA) is 75.3 Å². The Labute approximate surface area is 169 Å². The molecule has 2 N–H and O–H groups in total. The van der Waals surface area contributed by atoms with Crippen molar-refractivity contribution in [2.75, 3.05) is 4.72 Å². The SMILES string of the molecule is Cc1ccc(C(=O)NCc2ccc(Cl)cc2)cc1NS(=O)(=O)c1ccccc1. The van der Waals surface area contributed by atoms with Crippen LogP contribution in [0.2, 0.25) is 5.02 Å². The number of benzene rings is 3. The Morgan fingerprint density at radius 1 is 0.964 bits per heavy atom. The molecule has 3 aromatic carbocycles. The highest BCUT2D eigenvalue weighted by Crippen LogP contribution is 2.21. The standard InChI is InChI=1S/C21H19ClN2O3S/c1-15-7-10-17(21(25)23-14-16-8-11-18(22)12-9-16)13-20(15)24-28(26,27)19-5-3-2-4-6-19/h2-13,24H,14H2,1H3,(H,23,25). The lowest BCUT2D eigenvalue weighted by Crippen LogP contribution is -2.23. The van der Waals surface area contributed by atoms with Gasteiger partial charge in [-0.05, 0) is 54.4 Å². The van der Waals surface area contributed by atoms with Crippen molar-refractivity contribution in [1.29, 1.82) is 0 Å². The monoisotopic (exact) mass is 414 g/mol. The van der Waals surface area contributed by atoms with Crippen LogP contribution in [0.5, 0.6) is 0 Å². The second kappa shape index (κ2) is 8.46. The van der Waals surface area contributed by atoms with Crippen LogP contribution in [0.1, 0.15) is 21.5 Å². The maximum absolute atomic E-state index is 12.6. The van der Waals surface area contributed by atoms with Crippen molar-refractivity contribution < 1.29 is 13.2 Å². The first-order chi connectivity index (χ1) is 13.3. The zero-order valence-electron chi connectivity index (χ0n) is 15.1. The number of aryl methyl sites for hydroxylation is 1. The van der Waals surface area contributed by atoms with Crippen LogP contribution >= 0.6 is 11.6 Å². The number of nitrogens with one attached hydrogen (secondary N) is 2. The van der Waals surface area contributed by atoms with Crippen LogP contribution in [0.25, 0.3) is 0 Å². The molecule has 0 saturated heterocycles. The van der Waals surface area contributed by atoms with Crippen LogP contribution < -0.4 is 10.0 Å². The van der Waals surface area contributed by atoms with Gasteiger partial charge in [0.15, 0.2) is 0 Å². The number of rotatable bonds is 6. The number of halogens is 1. The van der Waals surface area contributed by atoms with Gasteiger partial charge in [0.1, 0.15) is 0 Å². The highest BCUT2D eigenvalue weighted by Gasteiger charge is 2.16. The Hall–Kier alpha value is -2.83. The van der Waals surface area contributed by atoms with Crippen molar-refractivity contribution >= 4 is 33.2 Å². The minimum absolute atomic E-state index is 0.159. The zero-order valence-corrected chi connectivity index (χ0v) is 16.7. The summed E-state index contributed by atoms with van der Waals surface area (Å²) in [5, 5.41) is 3.45. The van der Waals surface area contributed by atoms with Gasteiger partial charge in [-0.15, -0.1) is 0 Å². The molecular formula is C21H19ClN2O3S. The minimum atomic E-state index is -3.73. The van der Waals surface area contributed by atoms with Crippen LogP contribution in [0.3, 0.4) is 0 Å². The van der Waals surface area contributed by atoms with Crippen LogP contribution in [0.4, 0.5) is 5.69 Å². The largest absolute Gasteiger partial charge is 0.348 e. The highest BCUT2D eigenvalue weighted by atomic mass is 35.5. The van der Waals surface area contributed by atoms with Crippen molar-refractivity contribution in [3.63, 3.8) is 0 Å². The van der Waals surface area contributed by atoms with E-state index in [4.69, 9.17) is 11.6 Å². The molecule has 0 unspecified atom stereocenters. The average Bonchev–Trinajstić information content (AvgIpc) is 2.69. The van der Waals surface area contributed by atoms with Gasteiger partial charge in [-0.25, -0.2) is 8.42 Å². The normalized spacial score (nSPS) is 11.1. The molecule has 0 radical (unpaired) electrons. The van der Waals surface area contributed by atoms with Crippen molar-refractivity contribution in [2.24, 2.45) is 0 Å². The molecule has 0 aliphatic heterocycles. The van der Waals surface area contributed by atoms with E-state index in [1.165, 1.54) is 18.2 Å². The molecule has 5 nitrogen and oxygen atoms in total. The van der Waals surface area contributed by atoms with E-state index in [0.717, 1.165) is 5.56 Å². The molecule has 0 atom stereocenters. The molecule has 3 rings (SSSR count). The van der Waals surface area contributed by atoms with Gasteiger partial charge in [0.2, 0.25) is 0 Å². The Balaban J connectivity index is 1.75. The molecule has 0 fully saturated rings. The number of hydrogen-bond acceptors (Lipinski definition) is 3. The Bertz CT molecular complexity index is 1080. The summed E-state index contributed by atoms with van der Waals surface area (Å²) in [5.41, 5.74) is 2.36. The molecule has 0 aliphatic rings. The molecular weight excluding hydrogens is 396 g/mol. The predicted molar refractivity (Wildman–Crippen MR) is 111 cm³/mol. The smallest absolute Gasteiger partial charge is 0.261 e. The van der Waals surface area contributed by atoms with Gasteiger partial charge in [-0.1, -0.05) is 48.0 Å². The lowest BCUT2D eigenvalue weighted by atomic mass is 10.1. The highest BCUT2D eigenvalue weighted by molar-refractivity contribution is 7.92. The number of sulfonamides is 1. The second-order valence-corrected chi connectivity index (χ2v) is 8.38. The summed E-state index contributed by atoms with van der Waals surface area (Å²) in [5.74, 6) is -0.296. The van der Waals surface area contributed by atoms with Crippen LogP contribution in [0, 0.1) is 6.92 Å². The van der Waals surface area contributed by atoms with E-state index < -0.39 is 10.0 Å². The summed E-state index contributed by atoms with van der Waals surface area (Å²) in [7, 11) is -3.73. The van der Waals surface area contributed by atoms with E-state index in [2.05, 4.69) is 10.0 Å². The fraction of sp³-hybridized carbons (Fsp3) is 0.0952. The van der Waals surface area contributed by atoms with E-state index in [9.17, 15) is 13.2 Å². The molecule has 0 spiro atoms. The molecule has 144 valence electrons. The summed E-state index contributed by atoms with van der Waals surface area (Å²) < 4.78 is 27.7. The summed E-state index contributed by atoms with van der Waals surface area (Å²) in [6.07, 6.45) is 0. The summed E-state index contributed by atoms with van der Waals surface area (Å²) in [6, 6.07) is 20.2. The third kappa shape index (κ3) is 4.91. The van der Waals surface area contributed by atoms with Crippen LogP contribution in [-0.4, -0.2) is 14.3 Å². The van der Waals surface area contributed by atoms with Gasteiger partial charge in [0, 0.05) is 17.1 Å². The predicted octanol–water partition coefficient (Wildman–Crippen LogP) is 4.38. The van der Waals surface area contributed by atoms with E-state index in [1.807, 2.05) is 12.1 Å². The lowest BCUT2D eigenvalue weighted by molar-refractivity contribution is 0.0951. The van der Waals surface area contributed by atoms with E-state index in [-0.39, 0.29) is 10.8 Å². The fourth-order valence-corrected chi connectivity index (χ4v) is 3.83. The van der Waals surface area contributed by atoms with Crippen molar-refractivity contribution in [1.82, 2.24) is 5.32 Å². The molecule has 0 aromatic heterocycles. The van der Waals surface area contributed by atoms with E-state index >= 15 is 0 Å². The van der Waals surface area contributed by atoms with Gasteiger partial charge in [-0.3, -0.25) is 9.52 Å². The van der Waals surface area contributed by atoms with Gasteiger partial charge in [-0.2, -0.15) is 0 Å². The maximum Gasteiger partial charge on any atom is 0.261 e. The van der Waals surface area contributed by atoms with Gasteiger partial charge >= 0.3 is 0 Å². The van der Waals surface area contributed by atoms with Crippen molar-refractivity contribution in [3.05, 3.63) is 94.5 Å². The molecule has 28 heavy (non-hydrogen) atoms. The van der Waals surface area contributed by atoms with Crippen molar-refractivity contribution in [3.8, 4) is 0 Å². The Kier molecular flexibility index (Phi) is 6.02. The fourth-order valence-electron chi connectivity index (χ4n) is 2.56. The zero-order chi connectivity index (χ0) is 20.1. The first kappa shape index (κ1) is 19.9. The van der Waals surface area contributed by atoms with Crippen molar-refractivity contribution in [2.45, 2.75) is 18.4 Å². The first-order valence-electron chi connectivity index (χ1n) is 8.56. The molecule has 0 heterocycles. The van der Waals surface area contributed by atoms with Gasteiger partial charge in [0.25, 0.3) is 15.9 Å². The van der Waals surface area contributed by atoms with Gasteiger partial charge in [0.05, 0.1) is 10.6 Å². The van der Waals surface area contributed by atoms with E-state index in [1.54, 1.807) is 49.4 Å². The van der Waals surface area contributed by atoms with E-state index in [0.29, 0.717) is 28.4 Å². The van der Waals surface area contributed by atoms with Crippen LogP contribution in [0.15, 0.2) is 77.7 Å². The Morgan fingerprint density at radius 3 is 2.32 bits per heavy atom. The summed E-state index contributed by atoms with van der Waals surface area (Å²) >= 11 is 5.86. The molecule has 0 aliphatic carbocycles. The lowest BCUT2D eigenvalue weighted by Gasteiger charge is -2.12.